The second kappa shape index (κ2) is 6.64. The molecular formula is C18H19NO3S. The van der Waals surface area contributed by atoms with Crippen LogP contribution in [0, 0.1) is 5.92 Å². The number of carbonyl (C=O) groups is 1. The quantitative estimate of drug-likeness (QED) is 0.810. The third-order valence-electron chi connectivity index (χ3n) is 4.21. The van der Waals surface area contributed by atoms with Gasteiger partial charge in [0.25, 0.3) is 0 Å². The van der Waals surface area contributed by atoms with Crippen molar-refractivity contribution in [1.29, 1.82) is 0 Å². The molecule has 1 atom stereocenters. The zero-order valence-corrected chi connectivity index (χ0v) is 13.6. The molecule has 2 aromatic rings. The monoisotopic (exact) mass is 329 g/mol. The molecule has 1 unspecified atom stereocenters. The van der Waals surface area contributed by atoms with Crippen LogP contribution in [0.4, 0.5) is 0 Å². The number of carbonyl (C=O) groups excluding carboxylic acids is 1. The van der Waals surface area contributed by atoms with Gasteiger partial charge >= 0.3 is 0 Å². The molecule has 0 spiro atoms. The topological polar surface area (TPSA) is 54.5 Å². The number of nitrogens with zero attached hydrogens (tertiary/aromatic N) is 1. The highest BCUT2D eigenvalue weighted by Gasteiger charge is 2.29. The molecule has 4 nitrogen and oxygen atoms in total. The van der Waals surface area contributed by atoms with Crippen LogP contribution in [0.2, 0.25) is 0 Å². The molecule has 1 fully saturated rings. The molecule has 120 valence electrons. The third kappa shape index (κ3) is 3.35. The zero-order valence-electron chi connectivity index (χ0n) is 12.8. The maximum Gasteiger partial charge on any atom is 0.243 e. The van der Waals surface area contributed by atoms with E-state index in [2.05, 4.69) is 0 Å². The van der Waals surface area contributed by atoms with Crippen molar-refractivity contribution in [2.45, 2.75) is 17.7 Å². The highest BCUT2D eigenvalue weighted by molar-refractivity contribution is 7.89. The first-order valence-corrected chi connectivity index (χ1v) is 9.16. The average molecular weight is 329 g/mol. The van der Waals surface area contributed by atoms with Gasteiger partial charge in [0.05, 0.1) is 4.90 Å². The van der Waals surface area contributed by atoms with E-state index in [-0.39, 0.29) is 17.4 Å². The van der Waals surface area contributed by atoms with Gasteiger partial charge in [0.2, 0.25) is 10.0 Å². The van der Waals surface area contributed by atoms with Crippen LogP contribution in [0.5, 0.6) is 0 Å². The number of aldehydes is 1. The van der Waals surface area contributed by atoms with Crippen molar-refractivity contribution in [3.05, 3.63) is 54.6 Å². The molecule has 0 bridgehead atoms. The van der Waals surface area contributed by atoms with Gasteiger partial charge < -0.3 is 4.79 Å². The Labute approximate surface area is 136 Å². The predicted molar refractivity (Wildman–Crippen MR) is 89.4 cm³/mol. The fourth-order valence-corrected chi connectivity index (χ4v) is 4.44. The van der Waals surface area contributed by atoms with E-state index in [1.807, 2.05) is 42.5 Å². The number of piperidine rings is 1. The van der Waals surface area contributed by atoms with Gasteiger partial charge in [-0.05, 0) is 36.1 Å². The lowest BCUT2D eigenvalue weighted by Gasteiger charge is -2.29. The second-order valence-electron chi connectivity index (χ2n) is 5.79. The molecule has 0 N–H and O–H groups in total. The molecule has 3 rings (SSSR count). The molecule has 0 aliphatic carbocycles. The summed E-state index contributed by atoms with van der Waals surface area (Å²) in [5.41, 5.74) is 2.03. The lowest BCUT2D eigenvalue weighted by molar-refractivity contribution is -0.112. The molecule has 1 aliphatic heterocycles. The number of benzene rings is 2. The predicted octanol–water partition coefficient (Wildman–Crippen LogP) is 2.95. The fourth-order valence-electron chi connectivity index (χ4n) is 2.90. The van der Waals surface area contributed by atoms with Crippen molar-refractivity contribution < 1.29 is 13.2 Å². The van der Waals surface area contributed by atoms with Gasteiger partial charge in [-0.25, -0.2) is 8.42 Å². The number of rotatable bonds is 4. The summed E-state index contributed by atoms with van der Waals surface area (Å²) < 4.78 is 26.8. The molecule has 1 saturated heterocycles. The SMILES string of the molecule is O=CC1CCCN(S(=O)(=O)c2ccc(-c3ccccc3)cc2)C1. The summed E-state index contributed by atoms with van der Waals surface area (Å²) >= 11 is 0. The summed E-state index contributed by atoms with van der Waals surface area (Å²) in [4.78, 5) is 11.2. The summed E-state index contributed by atoms with van der Waals surface area (Å²) in [5, 5.41) is 0. The van der Waals surface area contributed by atoms with Crippen LogP contribution in [0.3, 0.4) is 0 Å². The number of sulfonamides is 1. The van der Waals surface area contributed by atoms with Crippen molar-refractivity contribution in [2.75, 3.05) is 13.1 Å². The Bertz CT molecular complexity index is 770. The highest BCUT2D eigenvalue weighted by Crippen LogP contribution is 2.25. The van der Waals surface area contributed by atoms with E-state index < -0.39 is 10.0 Å². The van der Waals surface area contributed by atoms with Crippen LogP contribution in [-0.2, 0) is 14.8 Å². The largest absolute Gasteiger partial charge is 0.303 e. The molecule has 2 aromatic carbocycles. The summed E-state index contributed by atoms with van der Waals surface area (Å²) in [6, 6.07) is 16.8. The van der Waals surface area contributed by atoms with Crippen molar-refractivity contribution in [3.8, 4) is 11.1 Å². The lowest BCUT2D eigenvalue weighted by Crippen LogP contribution is -2.40. The Morgan fingerprint density at radius 2 is 1.61 bits per heavy atom. The minimum atomic E-state index is -3.53. The van der Waals surface area contributed by atoms with Crippen LogP contribution in [0.15, 0.2) is 59.5 Å². The van der Waals surface area contributed by atoms with Crippen LogP contribution in [0.25, 0.3) is 11.1 Å². The second-order valence-corrected chi connectivity index (χ2v) is 7.73. The van der Waals surface area contributed by atoms with Gasteiger partial charge in [-0.1, -0.05) is 42.5 Å². The van der Waals surface area contributed by atoms with E-state index in [0.29, 0.717) is 6.54 Å². The summed E-state index contributed by atoms with van der Waals surface area (Å²) in [6.45, 7) is 0.763. The van der Waals surface area contributed by atoms with Gasteiger partial charge in [0.1, 0.15) is 6.29 Å². The first-order chi connectivity index (χ1) is 11.1. The zero-order chi connectivity index (χ0) is 16.3. The molecular weight excluding hydrogens is 310 g/mol. The van der Waals surface area contributed by atoms with Gasteiger partial charge in [0.15, 0.2) is 0 Å². The summed E-state index contributed by atoms with van der Waals surface area (Å²) in [6.07, 6.45) is 2.35. The smallest absolute Gasteiger partial charge is 0.243 e. The molecule has 0 saturated carbocycles. The average Bonchev–Trinajstić information content (AvgIpc) is 2.62. The Kier molecular flexibility index (Phi) is 4.59. The van der Waals surface area contributed by atoms with Gasteiger partial charge in [-0.2, -0.15) is 4.31 Å². The van der Waals surface area contributed by atoms with Crippen molar-refractivity contribution in [3.63, 3.8) is 0 Å². The summed E-state index contributed by atoms with van der Waals surface area (Å²) in [7, 11) is -3.53. The van der Waals surface area contributed by atoms with Gasteiger partial charge in [0, 0.05) is 19.0 Å². The Morgan fingerprint density at radius 1 is 0.957 bits per heavy atom. The van der Waals surface area contributed by atoms with Crippen LogP contribution >= 0.6 is 0 Å². The van der Waals surface area contributed by atoms with Gasteiger partial charge in [-0.3, -0.25) is 0 Å². The number of hydrogen-bond acceptors (Lipinski definition) is 3. The Morgan fingerprint density at radius 3 is 2.26 bits per heavy atom. The third-order valence-corrected chi connectivity index (χ3v) is 6.09. The standard InChI is InChI=1S/C18H19NO3S/c20-14-15-5-4-12-19(13-15)23(21,22)18-10-8-17(9-11-18)16-6-2-1-3-7-16/h1-3,6-11,14-15H,4-5,12-13H2. The first-order valence-electron chi connectivity index (χ1n) is 7.72. The fraction of sp³-hybridized carbons (Fsp3) is 0.278. The van der Waals surface area contributed by atoms with Crippen molar-refractivity contribution in [1.82, 2.24) is 4.31 Å². The van der Waals surface area contributed by atoms with E-state index >= 15 is 0 Å². The first kappa shape index (κ1) is 15.9. The van der Waals surface area contributed by atoms with Crippen LogP contribution in [-0.4, -0.2) is 32.1 Å². The van der Waals surface area contributed by atoms with E-state index in [9.17, 15) is 13.2 Å². The molecule has 0 amide bonds. The molecule has 0 aromatic heterocycles. The normalized spacial score (nSPS) is 19.4. The van der Waals surface area contributed by atoms with E-state index in [0.717, 1.165) is 30.3 Å². The number of hydrogen-bond donors (Lipinski definition) is 0. The maximum atomic E-state index is 12.7. The van der Waals surface area contributed by atoms with Crippen molar-refractivity contribution >= 4 is 16.3 Å². The summed E-state index contributed by atoms with van der Waals surface area (Å²) in [5.74, 6) is -0.192. The Balaban J connectivity index is 1.84. The Hall–Kier alpha value is -1.98. The van der Waals surface area contributed by atoms with Crippen LogP contribution in [0.1, 0.15) is 12.8 Å². The molecule has 23 heavy (non-hydrogen) atoms. The molecule has 0 radical (unpaired) electrons. The van der Waals surface area contributed by atoms with Gasteiger partial charge in [-0.15, -0.1) is 0 Å². The maximum absolute atomic E-state index is 12.7. The van der Waals surface area contributed by atoms with Crippen molar-refractivity contribution in [2.24, 2.45) is 5.92 Å². The minimum absolute atomic E-state index is 0.192. The molecule has 5 heteroatoms. The van der Waals surface area contributed by atoms with E-state index in [1.54, 1.807) is 12.1 Å². The molecule has 1 aliphatic rings. The minimum Gasteiger partial charge on any atom is -0.303 e. The van der Waals surface area contributed by atoms with Crippen LogP contribution < -0.4 is 0 Å². The highest BCUT2D eigenvalue weighted by atomic mass is 32.2. The van der Waals surface area contributed by atoms with E-state index in [1.165, 1.54) is 4.31 Å². The lowest BCUT2D eigenvalue weighted by atomic mass is 10.0. The van der Waals surface area contributed by atoms with E-state index in [4.69, 9.17) is 0 Å². The molecule has 1 heterocycles.